The molecule has 1 amide bonds. The third-order valence-corrected chi connectivity index (χ3v) is 3.24. The van der Waals surface area contributed by atoms with Gasteiger partial charge < -0.3 is 15.2 Å². The number of likely N-dealkylation sites (N-methyl/N-ethyl adjacent to an activating group) is 1. The predicted molar refractivity (Wildman–Crippen MR) is 70.8 cm³/mol. The first kappa shape index (κ1) is 13.1. The molecule has 0 spiro atoms. The number of aromatic amines is 1. The smallest absolute Gasteiger partial charge is 0.271 e. The van der Waals surface area contributed by atoms with E-state index in [9.17, 15) is 4.79 Å². The number of fused-ring (bicyclic) bond motifs is 1. The molecule has 1 aromatic heterocycles. The highest BCUT2D eigenvalue weighted by molar-refractivity contribution is 5.93. The number of amides is 1. The van der Waals surface area contributed by atoms with E-state index in [-0.39, 0.29) is 11.3 Å². The average molecular weight is 250 g/mol. The Morgan fingerprint density at radius 3 is 2.78 bits per heavy atom. The number of rotatable bonds is 3. The van der Waals surface area contributed by atoms with Crippen molar-refractivity contribution in [2.24, 2.45) is 0 Å². The molecule has 0 aliphatic carbocycles. The molecule has 5 heteroatoms. The number of hydrogen-bond donors (Lipinski definition) is 2. The van der Waals surface area contributed by atoms with Gasteiger partial charge in [0.1, 0.15) is 11.5 Å². The van der Waals surface area contributed by atoms with E-state index in [2.05, 4.69) is 34.0 Å². The molecular weight excluding hydrogens is 228 g/mol. The molecule has 1 aliphatic rings. The number of aryl methyl sites for hydroxylation is 1. The van der Waals surface area contributed by atoms with E-state index < -0.39 is 0 Å². The number of nitrogens with zero attached hydrogens (tertiary/aromatic N) is 2. The number of nitrogens with one attached hydrogen (secondary N) is 2. The number of hydrogen-bond acceptors (Lipinski definition) is 3. The van der Waals surface area contributed by atoms with Gasteiger partial charge in [-0.25, -0.2) is 4.98 Å². The standard InChI is InChI=1S/C13H22N4O/c1-13(2,8-17(3)4)12-15-9-6-5-7-14-11(18)10(9)16-12/h5-8H2,1-4H3,(H,14,18)(H,15,16). The van der Waals surface area contributed by atoms with Crippen LogP contribution < -0.4 is 5.32 Å². The minimum absolute atomic E-state index is 0.0503. The average Bonchev–Trinajstić information content (AvgIpc) is 2.60. The lowest BCUT2D eigenvalue weighted by molar-refractivity contribution is 0.0951. The van der Waals surface area contributed by atoms with Crippen LogP contribution in [0.2, 0.25) is 0 Å². The summed E-state index contributed by atoms with van der Waals surface area (Å²) in [5.41, 5.74) is 1.47. The molecular formula is C13H22N4O. The van der Waals surface area contributed by atoms with E-state index in [0.29, 0.717) is 5.69 Å². The summed E-state index contributed by atoms with van der Waals surface area (Å²) in [7, 11) is 4.09. The fourth-order valence-corrected chi connectivity index (χ4v) is 2.51. The normalized spacial score (nSPS) is 16.4. The third-order valence-electron chi connectivity index (χ3n) is 3.24. The summed E-state index contributed by atoms with van der Waals surface area (Å²) in [6, 6.07) is 0. The monoisotopic (exact) mass is 250 g/mol. The van der Waals surface area contributed by atoms with E-state index in [1.807, 2.05) is 14.1 Å². The number of carbonyl (C=O) groups excluding carboxylic acids is 1. The van der Waals surface area contributed by atoms with E-state index >= 15 is 0 Å². The van der Waals surface area contributed by atoms with Gasteiger partial charge in [-0.05, 0) is 26.9 Å². The molecule has 1 aromatic rings. The fraction of sp³-hybridized carbons (Fsp3) is 0.692. The Labute approximate surface area is 108 Å². The minimum Gasteiger partial charge on any atom is -0.351 e. The van der Waals surface area contributed by atoms with Gasteiger partial charge in [0.05, 0.1) is 0 Å². The Balaban J connectivity index is 2.31. The molecule has 0 atom stereocenters. The molecule has 0 radical (unpaired) electrons. The van der Waals surface area contributed by atoms with E-state index in [0.717, 1.165) is 37.4 Å². The molecule has 0 saturated carbocycles. The molecule has 2 N–H and O–H groups in total. The molecule has 0 unspecified atom stereocenters. The summed E-state index contributed by atoms with van der Waals surface area (Å²) in [5.74, 6) is 0.851. The highest BCUT2D eigenvalue weighted by Gasteiger charge is 2.29. The quantitative estimate of drug-likeness (QED) is 0.839. The summed E-state index contributed by atoms with van der Waals surface area (Å²) in [5, 5.41) is 2.87. The van der Waals surface area contributed by atoms with Crippen molar-refractivity contribution in [3.05, 3.63) is 17.2 Å². The molecule has 2 heterocycles. The van der Waals surface area contributed by atoms with Gasteiger partial charge in [-0.2, -0.15) is 0 Å². The number of carbonyl (C=O) groups is 1. The molecule has 2 rings (SSSR count). The Kier molecular flexibility index (Phi) is 3.43. The molecule has 0 aromatic carbocycles. The number of imidazole rings is 1. The molecule has 0 fully saturated rings. The van der Waals surface area contributed by atoms with Crippen molar-refractivity contribution in [3.8, 4) is 0 Å². The van der Waals surface area contributed by atoms with Crippen molar-refractivity contribution < 1.29 is 4.79 Å². The minimum atomic E-state index is -0.0873. The van der Waals surface area contributed by atoms with Crippen LogP contribution in [-0.4, -0.2) is 48.0 Å². The Bertz CT molecular complexity index is 448. The number of H-pyrrole nitrogens is 1. The first-order valence-electron chi connectivity index (χ1n) is 6.42. The largest absolute Gasteiger partial charge is 0.351 e. The van der Waals surface area contributed by atoms with Crippen LogP contribution in [0.4, 0.5) is 0 Å². The van der Waals surface area contributed by atoms with Crippen molar-refractivity contribution in [2.75, 3.05) is 27.2 Å². The van der Waals surface area contributed by atoms with Crippen LogP contribution in [0, 0.1) is 0 Å². The Morgan fingerprint density at radius 1 is 1.39 bits per heavy atom. The zero-order chi connectivity index (χ0) is 13.3. The Morgan fingerprint density at radius 2 is 2.11 bits per heavy atom. The van der Waals surface area contributed by atoms with Gasteiger partial charge in [-0.1, -0.05) is 13.8 Å². The summed E-state index contributed by atoms with van der Waals surface area (Å²) in [6.07, 6.45) is 1.85. The lowest BCUT2D eigenvalue weighted by atomic mass is 9.92. The molecule has 0 bridgehead atoms. The lowest BCUT2D eigenvalue weighted by Crippen LogP contribution is -2.33. The second kappa shape index (κ2) is 4.72. The van der Waals surface area contributed by atoms with Crippen molar-refractivity contribution in [1.29, 1.82) is 0 Å². The van der Waals surface area contributed by atoms with Crippen LogP contribution in [0.5, 0.6) is 0 Å². The van der Waals surface area contributed by atoms with Gasteiger partial charge in [-0.15, -0.1) is 0 Å². The maximum absolute atomic E-state index is 11.9. The summed E-state index contributed by atoms with van der Waals surface area (Å²) < 4.78 is 0. The van der Waals surface area contributed by atoms with Gasteiger partial charge in [0.25, 0.3) is 5.91 Å². The third kappa shape index (κ3) is 2.56. The lowest BCUT2D eigenvalue weighted by Gasteiger charge is -2.26. The second-order valence-corrected chi connectivity index (χ2v) is 5.89. The van der Waals surface area contributed by atoms with Gasteiger partial charge >= 0.3 is 0 Å². The molecule has 18 heavy (non-hydrogen) atoms. The summed E-state index contributed by atoms with van der Waals surface area (Å²) in [6.45, 7) is 5.91. The van der Waals surface area contributed by atoms with E-state index in [1.165, 1.54) is 0 Å². The van der Waals surface area contributed by atoms with E-state index in [4.69, 9.17) is 0 Å². The number of aromatic nitrogens is 2. The van der Waals surface area contributed by atoms with Crippen LogP contribution in [0.3, 0.4) is 0 Å². The SMILES string of the molecule is CN(C)CC(C)(C)c1nc2c([nH]1)CCCNC2=O. The molecule has 100 valence electrons. The van der Waals surface area contributed by atoms with Crippen molar-refractivity contribution >= 4 is 5.91 Å². The van der Waals surface area contributed by atoms with E-state index in [1.54, 1.807) is 0 Å². The fourth-order valence-electron chi connectivity index (χ4n) is 2.51. The zero-order valence-electron chi connectivity index (χ0n) is 11.6. The van der Waals surface area contributed by atoms with Crippen molar-refractivity contribution in [2.45, 2.75) is 32.1 Å². The van der Waals surface area contributed by atoms with Gasteiger partial charge in [0.2, 0.25) is 0 Å². The van der Waals surface area contributed by atoms with Gasteiger partial charge in [0.15, 0.2) is 0 Å². The highest BCUT2D eigenvalue weighted by atomic mass is 16.1. The highest BCUT2D eigenvalue weighted by Crippen LogP contribution is 2.23. The van der Waals surface area contributed by atoms with Gasteiger partial charge in [0, 0.05) is 24.2 Å². The summed E-state index contributed by atoms with van der Waals surface area (Å²) >= 11 is 0. The second-order valence-electron chi connectivity index (χ2n) is 5.89. The van der Waals surface area contributed by atoms with Crippen LogP contribution >= 0.6 is 0 Å². The van der Waals surface area contributed by atoms with Gasteiger partial charge in [-0.3, -0.25) is 4.79 Å². The molecule has 5 nitrogen and oxygen atoms in total. The molecule has 1 aliphatic heterocycles. The van der Waals surface area contributed by atoms with Crippen LogP contribution in [0.1, 0.15) is 42.3 Å². The van der Waals surface area contributed by atoms with Crippen LogP contribution in [0.25, 0.3) is 0 Å². The Hall–Kier alpha value is -1.36. The zero-order valence-corrected chi connectivity index (χ0v) is 11.6. The van der Waals surface area contributed by atoms with Crippen LogP contribution in [0.15, 0.2) is 0 Å². The maximum atomic E-state index is 11.9. The summed E-state index contributed by atoms with van der Waals surface area (Å²) in [4.78, 5) is 21.9. The molecule has 0 saturated heterocycles. The first-order valence-corrected chi connectivity index (χ1v) is 6.42. The predicted octanol–water partition coefficient (Wildman–Crippen LogP) is 0.925. The van der Waals surface area contributed by atoms with Crippen molar-refractivity contribution in [3.63, 3.8) is 0 Å². The topological polar surface area (TPSA) is 61.0 Å². The maximum Gasteiger partial charge on any atom is 0.271 e. The van der Waals surface area contributed by atoms with Crippen LogP contribution in [-0.2, 0) is 11.8 Å². The van der Waals surface area contributed by atoms with Crippen molar-refractivity contribution in [1.82, 2.24) is 20.2 Å². The first-order chi connectivity index (χ1) is 8.40.